The van der Waals surface area contributed by atoms with Crippen molar-refractivity contribution in [1.82, 2.24) is 9.78 Å². The zero-order chi connectivity index (χ0) is 20.6. The first-order chi connectivity index (χ1) is 13.6. The SMILES string of the molecule is C[C@@H]1Cc2cc3c(c(NC(=O)N=[S@](N)(=O)c4cnn5c4OC(C)(C)C5)c21)CCC3. The Bertz CT molecular complexity index is 1170. The normalized spacial score (nSPS) is 22.6. The van der Waals surface area contributed by atoms with Crippen molar-refractivity contribution in [2.24, 2.45) is 9.50 Å². The molecule has 8 nitrogen and oxygen atoms in total. The number of aromatic nitrogens is 2. The minimum Gasteiger partial charge on any atom is -0.469 e. The van der Waals surface area contributed by atoms with Crippen molar-refractivity contribution >= 4 is 21.6 Å². The molecule has 0 spiro atoms. The number of nitrogens with two attached hydrogens (primary N) is 1. The number of carbonyl (C=O) groups is 1. The van der Waals surface area contributed by atoms with Crippen LogP contribution in [0.5, 0.6) is 5.88 Å². The zero-order valence-electron chi connectivity index (χ0n) is 16.8. The number of benzene rings is 1. The van der Waals surface area contributed by atoms with Crippen LogP contribution in [-0.2, 0) is 35.7 Å². The van der Waals surface area contributed by atoms with E-state index in [1.165, 1.54) is 28.5 Å². The molecule has 9 heteroatoms. The monoisotopic (exact) mass is 415 g/mol. The number of ether oxygens (including phenoxy) is 1. The minimum absolute atomic E-state index is 0.151. The van der Waals surface area contributed by atoms with Crippen LogP contribution >= 0.6 is 0 Å². The Hall–Kier alpha value is -2.39. The number of fused-ring (bicyclic) bond motifs is 3. The summed E-state index contributed by atoms with van der Waals surface area (Å²) in [4.78, 5) is 12.9. The number of aryl methyl sites for hydroxylation is 1. The van der Waals surface area contributed by atoms with E-state index in [1.807, 2.05) is 13.8 Å². The molecular formula is C20H25N5O3S. The van der Waals surface area contributed by atoms with Gasteiger partial charge in [0.2, 0.25) is 5.88 Å². The summed E-state index contributed by atoms with van der Waals surface area (Å²) in [5.41, 5.74) is 5.30. The molecule has 0 saturated heterocycles. The summed E-state index contributed by atoms with van der Waals surface area (Å²) in [5.74, 6) is 0.709. The lowest BCUT2D eigenvalue weighted by Gasteiger charge is -2.31. The van der Waals surface area contributed by atoms with E-state index in [9.17, 15) is 9.00 Å². The fraction of sp³-hybridized carbons (Fsp3) is 0.500. The van der Waals surface area contributed by atoms with E-state index in [4.69, 9.17) is 9.88 Å². The molecule has 154 valence electrons. The van der Waals surface area contributed by atoms with Crippen molar-refractivity contribution < 1.29 is 13.7 Å². The van der Waals surface area contributed by atoms with Gasteiger partial charge in [-0.3, -0.25) is 0 Å². The number of rotatable bonds is 2. The molecule has 0 unspecified atom stereocenters. The predicted molar refractivity (Wildman–Crippen MR) is 110 cm³/mol. The van der Waals surface area contributed by atoms with Crippen LogP contribution in [0.3, 0.4) is 0 Å². The lowest BCUT2D eigenvalue weighted by molar-refractivity contribution is 0.132. The second-order valence-corrected chi connectivity index (χ2v) is 10.6. The summed E-state index contributed by atoms with van der Waals surface area (Å²) in [6.07, 6.45) is 5.43. The number of amides is 2. The van der Waals surface area contributed by atoms with E-state index in [2.05, 4.69) is 27.8 Å². The van der Waals surface area contributed by atoms with Gasteiger partial charge in [-0.1, -0.05) is 13.0 Å². The van der Waals surface area contributed by atoms with Crippen molar-refractivity contribution in [1.29, 1.82) is 0 Å². The maximum Gasteiger partial charge on any atom is 0.354 e. The van der Waals surface area contributed by atoms with Gasteiger partial charge in [-0.05, 0) is 67.7 Å². The Morgan fingerprint density at radius 1 is 1.41 bits per heavy atom. The molecule has 1 aromatic carbocycles. The Labute approximate surface area is 170 Å². The van der Waals surface area contributed by atoms with Gasteiger partial charge < -0.3 is 10.1 Å². The number of carbonyl (C=O) groups excluding carboxylic acids is 1. The van der Waals surface area contributed by atoms with Crippen LogP contribution in [0.1, 0.15) is 55.4 Å². The molecule has 3 aliphatic rings. The molecular weight excluding hydrogens is 390 g/mol. The highest BCUT2D eigenvalue weighted by atomic mass is 32.2. The standard InChI is InChI=1S/C20H25N5O3S/c1-11-7-13-8-12-5-4-6-14(12)17(16(11)13)23-19(26)24-29(21,27)15-9-22-25-10-20(2,3)28-18(15)25/h8-9,11H,4-7,10H2,1-3H3,(H3,21,23,24,26,27)/t11-,29+/m1/s1. The Morgan fingerprint density at radius 2 is 2.21 bits per heavy atom. The minimum atomic E-state index is -3.49. The van der Waals surface area contributed by atoms with E-state index in [0.29, 0.717) is 18.3 Å². The van der Waals surface area contributed by atoms with Gasteiger partial charge in [0.05, 0.1) is 12.7 Å². The molecule has 0 bridgehead atoms. The van der Waals surface area contributed by atoms with Crippen molar-refractivity contribution in [3.8, 4) is 5.88 Å². The lowest BCUT2D eigenvalue weighted by Crippen LogP contribution is -2.27. The number of anilines is 1. The number of nitrogens with one attached hydrogen (secondary N) is 1. The lowest BCUT2D eigenvalue weighted by atomic mass is 9.75. The molecule has 2 heterocycles. The van der Waals surface area contributed by atoms with Crippen molar-refractivity contribution in [2.45, 2.75) is 69.4 Å². The fourth-order valence-corrected chi connectivity index (χ4v) is 5.71. The summed E-state index contributed by atoms with van der Waals surface area (Å²) in [5, 5.41) is 13.1. The highest BCUT2D eigenvalue weighted by molar-refractivity contribution is 7.91. The van der Waals surface area contributed by atoms with Gasteiger partial charge in [0.25, 0.3) is 0 Å². The van der Waals surface area contributed by atoms with Gasteiger partial charge in [0, 0.05) is 5.69 Å². The third-order valence-electron chi connectivity index (χ3n) is 5.97. The van der Waals surface area contributed by atoms with Gasteiger partial charge in [-0.15, -0.1) is 4.36 Å². The Morgan fingerprint density at radius 3 is 2.97 bits per heavy atom. The van der Waals surface area contributed by atoms with Crippen molar-refractivity contribution in [2.75, 3.05) is 5.32 Å². The van der Waals surface area contributed by atoms with E-state index in [-0.39, 0.29) is 4.90 Å². The first-order valence-corrected chi connectivity index (χ1v) is 11.5. The highest BCUT2D eigenvalue weighted by Gasteiger charge is 2.36. The van der Waals surface area contributed by atoms with Crippen molar-refractivity contribution in [3.05, 3.63) is 34.5 Å². The summed E-state index contributed by atoms with van der Waals surface area (Å²) in [6.45, 7) is 6.48. The molecule has 1 aliphatic heterocycles. The molecule has 2 aliphatic carbocycles. The number of urea groups is 1. The smallest absolute Gasteiger partial charge is 0.354 e. The quantitative estimate of drug-likeness (QED) is 0.785. The largest absolute Gasteiger partial charge is 0.469 e. The predicted octanol–water partition coefficient (Wildman–Crippen LogP) is 3.14. The van der Waals surface area contributed by atoms with Gasteiger partial charge in [0.1, 0.15) is 10.5 Å². The molecule has 29 heavy (non-hydrogen) atoms. The molecule has 2 amide bonds. The zero-order valence-corrected chi connectivity index (χ0v) is 17.6. The van der Waals surface area contributed by atoms with Crippen LogP contribution in [0.15, 0.2) is 21.5 Å². The molecule has 0 fully saturated rings. The third kappa shape index (κ3) is 2.95. The molecule has 3 N–H and O–H groups in total. The molecule has 0 saturated carbocycles. The number of hydrogen-bond acceptors (Lipinski definition) is 4. The first kappa shape index (κ1) is 18.6. The van der Waals surface area contributed by atoms with E-state index in [1.54, 1.807) is 4.68 Å². The summed E-state index contributed by atoms with van der Waals surface area (Å²) < 4.78 is 24.4. The first-order valence-electron chi connectivity index (χ1n) is 9.93. The van der Waals surface area contributed by atoms with E-state index < -0.39 is 21.5 Å². The van der Waals surface area contributed by atoms with Gasteiger partial charge in [0.15, 0.2) is 9.92 Å². The summed E-state index contributed by atoms with van der Waals surface area (Å²) in [6, 6.07) is 1.57. The summed E-state index contributed by atoms with van der Waals surface area (Å²) in [7, 11) is -3.49. The molecule has 2 atom stereocenters. The van der Waals surface area contributed by atoms with Crippen LogP contribution in [0.4, 0.5) is 10.5 Å². The van der Waals surface area contributed by atoms with Crippen LogP contribution < -0.4 is 15.2 Å². The maximum absolute atomic E-state index is 13.1. The second-order valence-electron chi connectivity index (χ2n) is 8.84. The maximum atomic E-state index is 13.1. The second kappa shape index (κ2) is 6.06. The Balaban J connectivity index is 1.48. The van der Waals surface area contributed by atoms with Crippen LogP contribution in [-0.4, -0.2) is 25.6 Å². The fourth-order valence-electron chi connectivity index (χ4n) is 4.73. The molecule has 0 radical (unpaired) electrons. The number of nitrogens with zero attached hydrogens (tertiary/aromatic N) is 3. The Kier molecular flexibility index (Phi) is 3.89. The molecule has 5 rings (SSSR count). The molecule has 2 aromatic rings. The van der Waals surface area contributed by atoms with E-state index >= 15 is 0 Å². The van der Waals surface area contributed by atoms with Crippen molar-refractivity contribution in [3.63, 3.8) is 0 Å². The summed E-state index contributed by atoms with van der Waals surface area (Å²) >= 11 is 0. The van der Waals surface area contributed by atoms with Crippen LogP contribution in [0.2, 0.25) is 0 Å². The highest BCUT2D eigenvalue weighted by Crippen LogP contribution is 2.45. The van der Waals surface area contributed by atoms with Crippen LogP contribution in [0, 0.1) is 0 Å². The third-order valence-corrected chi connectivity index (χ3v) is 7.32. The van der Waals surface area contributed by atoms with Gasteiger partial charge in [-0.2, -0.15) is 5.10 Å². The topological polar surface area (TPSA) is 112 Å². The van der Waals surface area contributed by atoms with Gasteiger partial charge >= 0.3 is 6.03 Å². The van der Waals surface area contributed by atoms with E-state index in [0.717, 1.165) is 31.4 Å². The molecule has 1 aromatic heterocycles. The van der Waals surface area contributed by atoms with Gasteiger partial charge in [-0.25, -0.2) is 18.8 Å². The number of hydrogen-bond donors (Lipinski definition) is 2. The average Bonchev–Trinajstić information content (AvgIpc) is 3.26. The van der Waals surface area contributed by atoms with Crippen LogP contribution in [0.25, 0.3) is 0 Å². The average molecular weight is 416 g/mol.